The minimum atomic E-state index is -0.976. The molecule has 1 aliphatic rings. The first-order chi connectivity index (χ1) is 13.9. The second kappa shape index (κ2) is 7.73. The molecule has 0 fully saturated rings. The van der Waals surface area contributed by atoms with Crippen LogP contribution in [-0.2, 0) is 6.54 Å². The predicted octanol–water partition coefficient (Wildman–Crippen LogP) is 4.05. The van der Waals surface area contributed by atoms with E-state index in [4.69, 9.17) is 4.74 Å². The highest BCUT2D eigenvalue weighted by Crippen LogP contribution is 2.34. The van der Waals surface area contributed by atoms with Crippen molar-refractivity contribution in [3.05, 3.63) is 65.4 Å². The van der Waals surface area contributed by atoms with E-state index in [9.17, 15) is 13.9 Å². The summed E-state index contributed by atoms with van der Waals surface area (Å²) in [5.74, 6) is -0.593. The van der Waals surface area contributed by atoms with Crippen molar-refractivity contribution in [1.29, 1.82) is 0 Å². The van der Waals surface area contributed by atoms with Gasteiger partial charge in [-0.1, -0.05) is 6.07 Å². The van der Waals surface area contributed by atoms with E-state index in [0.717, 1.165) is 12.1 Å². The number of nitrogens with zero attached hydrogens (tertiary/aromatic N) is 2. The number of ether oxygens (including phenoxy) is 1. The van der Waals surface area contributed by atoms with Crippen molar-refractivity contribution < 1.29 is 18.6 Å². The van der Waals surface area contributed by atoms with Crippen molar-refractivity contribution >= 4 is 11.5 Å². The van der Waals surface area contributed by atoms with Crippen LogP contribution in [0.25, 0.3) is 11.4 Å². The van der Waals surface area contributed by atoms with Gasteiger partial charge in [-0.15, -0.1) is 0 Å². The number of rotatable bonds is 5. The second-order valence-corrected chi connectivity index (χ2v) is 6.95. The van der Waals surface area contributed by atoms with E-state index in [2.05, 4.69) is 20.6 Å². The van der Waals surface area contributed by atoms with Gasteiger partial charge in [-0.05, 0) is 50.2 Å². The molecule has 1 unspecified atom stereocenters. The lowest BCUT2D eigenvalue weighted by molar-refractivity contribution is 0.152. The molecule has 3 aromatic rings. The summed E-state index contributed by atoms with van der Waals surface area (Å²) in [6.07, 6.45) is -0.922. The smallest absolute Gasteiger partial charge is 0.167 e. The fourth-order valence-corrected chi connectivity index (χ4v) is 3.18. The summed E-state index contributed by atoms with van der Waals surface area (Å²) in [6.45, 7) is 4.14. The van der Waals surface area contributed by atoms with E-state index in [1.165, 1.54) is 6.07 Å². The van der Waals surface area contributed by atoms with E-state index < -0.39 is 17.9 Å². The minimum Gasteiger partial charge on any atom is -0.491 e. The van der Waals surface area contributed by atoms with E-state index >= 15 is 0 Å². The molecule has 0 radical (unpaired) electrons. The largest absolute Gasteiger partial charge is 0.491 e. The first-order valence-corrected chi connectivity index (χ1v) is 9.22. The van der Waals surface area contributed by atoms with Crippen LogP contribution in [0, 0.1) is 11.6 Å². The normalized spacial score (nSPS) is 15.4. The summed E-state index contributed by atoms with van der Waals surface area (Å²) < 4.78 is 34.1. The van der Waals surface area contributed by atoms with Crippen LogP contribution in [0.2, 0.25) is 0 Å². The molecule has 2 heterocycles. The van der Waals surface area contributed by atoms with Crippen molar-refractivity contribution in [2.45, 2.75) is 32.7 Å². The monoisotopic (exact) mass is 398 g/mol. The fraction of sp³-hybridized carbons (Fsp3) is 0.238. The quantitative estimate of drug-likeness (QED) is 0.602. The van der Waals surface area contributed by atoms with Gasteiger partial charge in [0.05, 0.1) is 22.9 Å². The Morgan fingerprint density at radius 3 is 2.45 bits per heavy atom. The maximum atomic E-state index is 14.3. The molecule has 0 bridgehead atoms. The number of aromatic nitrogens is 2. The van der Waals surface area contributed by atoms with Crippen LogP contribution in [0.15, 0.2) is 42.5 Å². The number of nitrogens with one attached hydrogen (secondary N) is 2. The van der Waals surface area contributed by atoms with Crippen molar-refractivity contribution in [3.8, 4) is 17.1 Å². The number of aliphatic hydroxyl groups is 1. The molecule has 4 rings (SSSR count). The Morgan fingerprint density at radius 1 is 1.10 bits per heavy atom. The molecular weight excluding hydrogens is 378 g/mol. The van der Waals surface area contributed by atoms with E-state index in [-0.39, 0.29) is 29.9 Å². The number of benzene rings is 2. The van der Waals surface area contributed by atoms with Crippen LogP contribution in [0.3, 0.4) is 0 Å². The number of hydrogen-bond donors (Lipinski definition) is 3. The van der Waals surface area contributed by atoms with Gasteiger partial charge in [-0.3, -0.25) is 5.32 Å². The fourth-order valence-electron chi connectivity index (χ4n) is 3.18. The Kier molecular flexibility index (Phi) is 5.12. The maximum absolute atomic E-state index is 14.3. The third-order valence-electron chi connectivity index (χ3n) is 4.44. The zero-order chi connectivity index (χ0) is 20.5. The predicted molar refractivity (Wildman–Crippen MR) is 105 cm³/mol. The molecule has 0 aliphatic carbocycles. The summed E-state index contributed by atoms with van der Waals surface area (Å²) in [5, 5.41) is 16.2. The number of hydrogen-bond acceptors (Lipinski definition) is 6. The van der Waals surface area contributed by atoms with Gasteiger partial charge in [0.2, 0.25) is 0 Å². The molecule has 1 aromatic heterocycles. The van der Waals surface area contributed by atoms with Gasteiger partial charge in [-0.25, -0.2) is 18.7 Å². The van der Waals surface area contributed by atoms with Gasteiger partial charge >= 0.3 is 0 Å². The molecule has 3 N–H and O–H groups in total. The standard InChI is InChI=1S/C21H20F2N4O2/c1-11(2)29-13-8-6-12(7-9-13)25-20-18-16(10-24-21(18)28)26-19(27-20)17-14(22)4-3-5-15(17)23/h3-9,11,21,24,28H,10H2,1-2H3,(H,25,26,27). The van der Waals surface area contributed by atoms with Crippen molar-refractivity contribution in [2.75, 3.05) is 5.32 Å². The molecule has 150 valence electrons. The molecule has 0 spiro atoms. The zero-order valence-electron chi connectivity index (χ0n) is 15.9. The second-order valence-electron chi connectivity index (χ2n) is 6.95. The Balaban J connectivity index is 1.74. The third kappa shape index (κ3) is 3.90. The van der Waals surface area contributed by atoms with Gasteiger partial charge in [0.25, 0.3) is 0 Å². The average molecular weight is 398 g/mol. The molecule has 29 heavy (non-hydrogen) atoms. The number of anilines is 2. The Hall–Kier alpha value is -3.10. The average Bonchev–Trinajstić information content (AvgIpc) is 3.04. The number of aliphatic hydroxyl groups excluding tert-OH is 1. The SMILES string of the molecule is CC(C)Oc1ccc(Nc2nc(-c3c(F)cccc3F)nc3c2C(O)NC3)cc1. The Bertz CT molecular complexity index is 1020. The molecule has 8 heteroatoms. The topological polar surface area (TPSA) is 79.3 Å². The summed E-state index contributed by atoms with van der Waals surface area (Å²) in [4.78, 5) is 8.59. The van der Waals surface area contributed by atoms with E-state index in [1.54, 1.807) is 24.3 Å². The van der Waals surface area contributed by atoms with Gasteiger partial charge in [0.15, 0.2) is 5.82 Å². The molecular formula is C21H20F2N4O2. The molecule has 2 aromatic carbocycles. The van der Waals surface area contributed by atoms with Gasteiger partial charge < -0.3 is 15.2 Å². The summed E-state index contributed by atoms with van der Waals surface area (Å²) in [7, 11) is 0. The first kappa shape index (κ1) is 19.2. The molecule has 1 aliphatic heterocycles. The lowest BCUT2D eigenvalue weighted by Crippen LogP contribution is -2.12. The van der Waals surface area contributed by atoms with E-state index in [1.807, 2.05) is 13.8 Å². The summed E-state index contributed by atoms with van der Waals surface area (Å²) in [6, 6.07) is 10.8. The van der Waals surface area contributed by atoms with Crippen LogP contribution >= 0.6 is 0 Å². The zero-order valence-corrected chi connectivity index (χ0v) is 15.9. The number of halogens is 2. The highest BCUT2D eigenvalue weighted by atomic mass is 19.1. The lowest BCUT2D eigenvalue weighted by atomic mass is 10.1. The van der Waals surface area contributed by atoms with Gasteiger partial charge in [0.1, 0.15) is 29.4 Å². The van der Waals surface area contributed by atoms with Crippen molar-refractivity contribution in [1.82, 2.24) is 15.3 Å². The van der Waals surface area contributed by atoms with Crippen LogP contribution in [0.1, 0.15) is 31.3 Å². The van der Waals surface area contributed by atoms with Crippen LogP contribution in [0.4, 0.5) is 20.3 Å². The van der Waals surface area contributed by atoms with Gasteiger partial charge in [0, 0.05) is 12.2 Å². The highest BCUT2D eigenvalue weighted by molar-refractivity contribution is 5.67. The summed E-state index contributed by atoms with van der Waals surface area (Å²) >= 11 is 0. The van der Waals surface area contributed by atoms with E-state index in [0.29, 0.717) is 22.7 Å². The third-order valence-corrected chi connectivity index (χ3v) is 4.44. The van der Waals surface area contributed by atoms with Gasteiger partial charge in [-0.2, -0.15) is 0 Å². The molecule has 0 saturated carbocycles. The van der Waals surface area contributed by atoms with Crippen molar-refractivity contribution in [3.63, 3.8) is 0 Å². The molecule has 0 amide bonds. The Labute approximate surface area is 166 Å². The number of fused-ring (bicyclic) bond motifs is 1. The minimum absolute atomic E-state index is 0.0541. The first-order valence-electron chi connectivity index (χ1n) is 9.22. The van der Waals surface area contributed by atoms with Crippen molar-refractivity contribution in [2.24, 2.45) is 0 Å². The van der Waals surface area contributed by atoms with Crippen LogP contribution < -0.4 is 15.4 Å². The maximum Gasteiger partial charge on any atom is 0.167 e. The molecule has 0 saturated heterocycles. The lowest BCUT2D eigenvalue weighted by Gasteiger charge is -2.15. The summed E-state index contributed by atoms with van der Waals surface area (Å²) in [5.41, 5.74) is 1.31. The van der Waals surface area contributed by atoms with Crippen LogP contribution in [0.5, 0.6) is 5.75 Å². The van der Waals surface area contributed by atoms with Crippen LogP contribution in [-0.4, -0.2) is 21.2 Å². The molecule has 6 nitrogen and oxygen atoms in total. The highest BCUT2D eigenvalue weighted by Gasteiger charge is 2.28. The Morgan fingerprint density at radius 2 is 1.79 bits per heavy atom. The molecule has 1 atom stereocenters.